The minimum atomic E-state index is -0.130. The van der Waals surface area contributed by atoms with Crippen molar-refractivity contribution in [3.8, 4) is 11.5 Å². The van der Waals surface area contributed by atoms with E-state index in [4.69, 9.17) is 14.2 Å². The van der Waals surface area contributed by atoms with Gasteiger partial charge in [-0.25, -0.2) is 4.68 Å². The van der Waals surface area contributed by atoms with Gasteiger partial charge in [0, 0.05) is 36.7 Å². The summed E-state index contributed by atoms with van der Waals surface area (Å²) in [4.78, 5) is 18.2. The van der Waals surface area contributed by atoms with E-state index < -0.39 is 0 Å². The molecule has 36 heavy (non-hydrogen) atoms. The quantitative estimate of drug-likeness (QED) is 0.403. The first-order valence-corrected chi connectivity index (χ1v) is 12.2. The van der Waals surface area contributed by atoms with Crippen LogP contribution in [0.2, 0.25) is 0 Å². The zero-order chi connectivity index (χ0) is 24.5. The Kier molecular flexibility index (Phi) is 6.12. The van der Waals surface area contributed by atoms with Crippen LogP contribution in [-0.4, -0.2) is 49.6 Å². The Labute approximate surface area is 207 Å². The summed E-state index contributed by atoms with van der Waals surface area (Å²) in [5.41, 5.74) is 3.61. The van der Waals surface area contributed by atoms with Gasteiger partial charge in [0.25, 0.3) is 5.56 Å². The molecule has 2 aliphatic rings. The Bertz CT molecular complexity index is 1420. The summed E-state index contributed by atoms with van der Waals surface area (Å²) in [6, 6.07) is 14.1. The third-order valence-corrected chi connectivity index (χ3v) is 6.71. The second kappa shape index (κ2) is 9.71. The molecule has 1 saturated heterocycles. The number of H-pyrrole nitrogens is 1. The predicted octanol–water partition coefficient (Wildman–Crippen LogP) is 2.93. The number of aromatic amines is 1. The Morgan fingerprint density at radius 1 is 1.08 bits per heavy atom. The maximum Gasteiger partial charge on any atom is 0.252 e. The highest BCUT2D eigenvalue weighted by atomic mass is 16.7. The van der Waals surface area contributed by atoms with E-state index in [1.807, 2.05) is 22.9 Å². The number of tetrazole rings is 1. The van der Waals surface area contributed by atoms with Crippen LogP contribution in [0.3, 0.4) is 0 Å². The van der Waals surface area contributed by atoms with Gasteiger partial charge in [-0.3, -0.25) is 9.69 Å². The largest absolute Gasteiger partial charge is 0.454 e. The fourth-order valence-corrected chi connectivity index (χ4v) is 4.78. The van der Waals surface area contributed by atoms with Crippen molar-refractivity contribution >= 4 is 10.9 Å². The molecule has 0 bridgehead atoms. The van der Waals surface area contributed by atoms with E-state index in [-0.39, 0.29) is 18.5 Å². The van der Waals surface area contributed by atoms with Crippen LogP contribution in [0, 0.1) is 6.92 Å². The van der Waals surface area contributed by atoms with Crippen LogP contribution in [0.1, 0.15) is 35.4 Å². The molecule has 1 N–H and O–H groups in total. The average Bonchev–Trinajstić information content (AvgIpc) is 3.63. The van der Waals surface area contributed by atoms with E-state index >= 15 is 0 Å². The molecule has 1 unspecified atom stereocenters. The smallest absolute Gasteiger partial charge is 0.252 e. The molecule has 1 atom stereocenters. The number of ether oxygens (including phenoxy) is 3. The van der Waals surface area contributed by atoms with E-state index in [2.05, 4.69) is 56.6 Å². The summed E-state index contributed by atoms with van der Waals surface area (Å²) in [6.07, 6.45) is 2.21. The number of nitrogens with zero attached hydrogens (tertiary/aromatic N) is 5. The van der Waals surface area contributed by atoms with Crippen LogP contribution < -0.4 is 15.0 Å². The number of hydrogen-bond acceptors (Lipinski definition) is 8. The van der Waals surface area contributed by atoms with E-state index in [1.165, 1.54) is 5.56 Å². The molecular weight excluding hydrogens is 460 g/mol. The summed E-state index contributed by atoms with van der Waals surface area (Å²) in [5, 5.41) is 13.3. The molecule has 2 aromatic heterocycles. The zero-order valence-electron chi connectivity index (χ0n) is 20.1. The van der Waals surface area contributed by atoms with Crippen molar-refractivity contribution in [2.75, 3.05) is 13.4 Å². The summed E-state index contributed by atoms with van der Waals surface area (Å²) in [7, 11) is 0. The third-order valence-electron chi connectivity index (χ3n) is 6.71. The van der Waals surface area contributed by atoms with Gasteiger partial charge in [-0.15, -0.1) is 5.10 Å². The summed E-state index contributed by atoms with van der Waals surface area (Å²) >= 11 is 0. The number of rotatable bonds is 8. The number of pyridine rings is 1. The first kappa shape index (κ1) is 22.7. The van der Waals surface area contributed by atoms with Crippen molar-refractivity contribution in [3.63, 3.8) is 0 Å². The number of fused-ring (bicyclic) bond motifs is 2. The van der Waals surface area contributed by atoms with Crippen molar-refractivity contribution in [3.05, 3.63) is 75.3 Å². The zero-order valence-corrected chi connectivity index (χ0v) is 20.1. The van der Waals surface area contributed by atoms with Crippen molar-refractivity contribution < 1.29 is 14.2 Å². The fraction of sp³-hybridized carbons (Fsp3) is 0.385. The lowest BCUT2D eigenvalue weighted by Crippen LogP contribution is -2.29. The highest BCUT2D eigenvalue weighted by Crippen LogP contribution is 2.35. The summed E-state index contributed by atoms with van der Waals surface area (Å²) in [5.74, 6) is 2.08. The Morgan fingerprint density at radius 2 is 1.92 bits per heavy atom. The third kappa shape index (κ3) is 4.82. The molecule has 6 rings (SSSR count). The fourth-order valence-electron chi connectivity index (χ4n) is 4.78. The lowest BCUT2D eigenvalue weighted by atomic mass is 10.1. The summed E-state index contributed by atoms with van der Waals surface area (Å²) in [6.45, 7) is 5.24. The minimum Gasteiger partial charge on any atom is -0.454 e. The molecule has 1 fully saturated rings. The lowest BCUT2D eigenvalue weighted by Gasteiger charge is -2.22. The van der Waals surface area contributed by atoms with Crippen LogP contribution in [0.5, 0.6) is 11.5 Å². The Balaban J connectivity index is 1.29. The van der Waals surface area contributed by atoms with Gasteiger partial charge in [-0.2, -0.15) is 0 Å². The molecule has 0 aliphatic carbocycles. The highest BCUT2D eigenvalue weighted by Gasteiger charge is 2.21. The van der Waals surface area contributed by atoms with E-state index in [9.17, 15) is 4.79 Å². The van der Waals surface area contributed by atoms with Crippen LogP contribution in [0.15, 0.2) is 47.3 Å². The van der Waals surface area contributed by atoms with E-state index in [0.29, 0.717) is 43.2 Å². The van der Waals surface area contributed by atoms with E-state index in [0.717, 1.165) is 41.7 Å². The van der Waals surface area contributed by atoms with Crippen LogP contribution in [-0.2, 0) is 30.9 Å². The van der Waals surface area contributed by atoms with Gasteiger partial charge >= 0.3 is 0 Å². The number of nitrogens with one attached hydrogen (secondary N) is 1. The van der Waals surface area contributed by atoms with Crippen LogP contribution in [0.4, 0.5) is 0 Å². The van der Waals surface area contributed by atoms with Gasteiger partial charge in [0.2, 0.25) is 6.79 Å². The molecule has 10 nitrogen and oxygen atoms in total. The van der Waals surface area contributed by atoms with E-state index in [1.54, 1.807) is 0 Å². The standard InChI is InChI=1S/C26H28N6O4/c1-17-4-6-18(7-5-17)12-31(15-25-28-29-30-32(25)14-21-3-2-8-34-21)13-20-9-19-10-23-24(36-16-35-23)11-22(19)27-26(20)33/h4-7,9-11,21H,2-3,8,12-16H2,1H3,(H,27,33). The highest BCUT2D eigenvalue weighted by molar-refractivity contribution is 5.83. The molecule has 4 heterocycles. The summed E-state index contributed by atoms with van der Waals surface area (Å²) < 4.78 is 18.6. The Hall–Kier alpha value is -3.76. The maximum atomic E-state index is 13.0. The van der Waals surface area contributed by atoms with Crippen molar-refractivity contribution in [2.45, 2.75) is 52.0 Å². The molecule has 0 amide bonds. The van der Waals surface area contributed by atoms with Gasteiger partial charge in [0.05, 0.1) is 24.7 Å². The van der Waals surface area contributed by atoms with Gasteiger partial charge in [-0.05, 0) is 47.9 Å². The van der Waals surface area contributed by atoms with Gasteiger partial charge in [0.1, 0.15) is 0 Å². The predicted molar refractivity (Wildman–Crippen MR) is 132 cm³/mol. The molecule has 2 aromatic carbocycles. The number of hydrogen-bond donors (Lipinski definition) is 1. The van der Waals surface area contributed by atoms with Crippen LogP contribution in [0.25, 0.3) is 10.9 Å². The van der Waals surface area contributed by atoms with Crippen molar-refractivity contribution in [2.24, 2.45) is 0 Å². The Morgan fingerprint density at radius 3 is 2.72 bits per heavy atom. The number of benzene rings is 2. The molecule has 4 aromatic rings. The molecule has 10 heteroatoms. The monoisotopic (exact) mass is 488 g/mol. The van der Waals surface area contributed by atoms with Crippen molar-refractivity contribution in [1.29, 1.82) is 0 Å². The maximum absolute atomic E-state index is 13.0. The molecule has 2 aliphatic heterocycles. The first-order valence-electron chi connectivity index (χ1n) is 12.2. The topological polar surface area (TPSA) is 107 Å². The van der Waals surface area contributed by atoms with Gasteiger partial charge < -0.3 is 19.2 Å². The molecule has 0 saturated carbocycles. The van der Waals surface area contributed by atoms with Crippen molar-refractivity contribution in [1.82, 2.24) is 30.1 Å². The van der Waals surface area contributed by atoms with Gasteiger partial charge in [0.15, 0.2) is 17.3 Å². The second-order valence-electron chi connectivity index (χ2n) is 9.46. The number of aromatic nitrogens is 5. The first-order chi connectivity index (χ1) is 17.6. The average molecular weight is 489 g/mol. The molecule has 0 spiro atoms. The number of aryl methyl sites for hydroxylation is 1. The van der Waals surface area contributed by atoms with Crippen LogP contribution >= 0.6 is 0 Å². The molecular formula is C26H28N6O4. The lowest BCUT2D eigenvalue weighted by molar-refractivity contribution is 0.0914. The molecule has 186 valence electrons. The second-order valence-corrected chi connectivity index (χ2v) is 9.46. The normalized spacial score (nSPS) is 16.9. The minimum absolute atomic E-state index is 0.130. The SMILES string of the molecule is Cc1ccc(CN(Cc2cc3cc4c(cc3[nH]c2=O)OCO4)Cc2nnnn2CC2CCCO2)cc1. The molecule has 0 radical (unpaired) electrons. The van der Waals surface area contributed by atoms with Gasteiger partial charge in [-0.1, -0.05) is 29.8 Å².